The molecule has 1 aliphatic heterocycles. The van der Waals surface area contributed by atoms with E-state index in [9.17, 15) is 9.59 Å². The first-order valence-corrected chi connectivity index (χ1v) is 19.0. The van der Waals surface area contributed by atoms with Crippen LogP contribution >= 0.6 is 27.5 Å². The Morgan fingerprint density at radius 1 is 1.00 bits per heavy atom. The molecule has 7 rings (SSSR count). The standard InChI is InChI=1S/C25H29BrClN3O2.C14H17N3O/c26-19-14-18-7-6-17-15-20(27)8-9-22(17)24(23(18)28-16-19)29-10-12-30(13-11-29)25(31)32-21-4-2-1-3-5-21;18-12-17(10-13-5-2-1-3-6-13)8-4-7-14-9-15-11-16-14/h8-9,14-16,21,24H,1-7,10-13H2;1-3,5-6,9,11-12H,4,7-8,10H2,(H,15,16). The molecule has 0 bridgehead atoms. The van der Waals surface area contributed by atoms with Gasteiger partial charge in [0.25, 0.3) is 0 Å². The number of carbonyl (C=O) groups excluding carboxylic acids is 2. The van der Waals surface area contributed by atoms with Crippen LogP contribution in [0.25, 0.3) is 0 Å². The lowest BCUT2D eigenvalue weighted by Gasteiger charge is -2.39. The summed E-state index contributed by atoms with van der Waals surface area (Å²) in [7, 11) is 0. The molecule has 50 heavy (non-hydrogen) atoms. The van der Waals surface area contributed by atoms with Gasteiger partial charge in [0.05, 0.1) is 18.1 Å². The first-order chi connectivity index (χ1) is 24.5. The van der Waals surface area contributed by atoms with E-state index in [1.807, 2.05) is 53.7 Å². The van der Waals surface area contributed by atoms with E-state index in [2.05, 4.69) is 49.0 Å². The van der Waals surface area contributed by atoms with Crippen LogP contribution in [0.1, 0.15) is 78.2 Å². The van der Waals surface area contributed by atoms with Crippen molar-refractivity contribution in [3.63, 3.8) is 0 Å². The predicted octanol–water partition coefficient (Wildman–Crippen LogP) is 7.77. The number of H-pyrrole nitrogens is 1. The van der Waals surface area contributed by atoms with Gasteiger partial charge in [-0.3, -0.25) is 14.7 Å². The average Bonchev–Trinajstić information content (AvgIpc) is 3.61. The van der Waals surface area contributed by atoms with Gasteiger partial charge < -0.3 is 19.5 Å². The van der Waals surface area contributed by atoms with Gasteiger partial charge in [0.1, 0.15) is 6.10 Å². The quantitative estimate of drug-likeness (QED) is 0.175. The molecule has 9 nitrogen and oxygen atoms in total. The summed E-state index contributed by atoms with van der Waals surface area (Å²) in [5.74, 6) is 0. The average molecular weight is 762 g/mol. The van der Waals surface area contributed by atoms with Crippen molar-refractivity contribution in [1.29, 1.82) is 0 Å². The Morgan fingerprint density at radius 2 is 1.78 bits per heavy atom. The summed E-state index contributed by atoms with van der Waals surface area (Å²) in [6.07, 6.45) is 15.6. The SMILES string of the molecule is O=C(OC1CCCCC1)N1CCN(C2c3ccc(Cl)cc3CCc3cc(Br)cnc32)CC1.O=CN(CCCc1cnc[nH]1)Cc1ccccc1. The molecule has 1 N–H and O–H groups in total. The van der Waals surface area contributed by atoms with Crippen molar-refractivity contribution in [2.75, 3.05) is 32.7 Å². The van der Waals surface area contributed by atoms with Crippen LogP contribution in [-0.4, -0.2) is 81.0 Å². The molecule has 4 aromatic rings. The van der Waals surface area contributed by atoms with Crippen molar-refractivity contribution < 1.29 is 14.3 Å². The van der Waals surface area contributed by atoms with Gasteiger partial charge in [0, 0.05) is 66.9 Å². The van der Waals surface area contributed by atoms with Crippen LogP contribution in [0.3, 0.4) is 0 Å². The number of fused-ring (bicyclic) bond motifs is 2. The maximum absolute atomic E-state index is 12.7. The van der Waals surface area contributed by atoms with Crippen LogP contribution in [-0.2, 0) is 35.3 Å². The molecule has 0 radical (unpaired) electrons. The van der Waals surface area contributed by atoms with Gasteiger partial charge in [-0.05, 0) is 108 Å². The Labute approximate surface area is 308 Å². The molecule has 11 heteroatoms. The number of piperazine rings is 1. The molecule has 3 aliphatic rings. The van der Waals surface area contributed by atoms with Crippen molar-refractivity contribution in [1.82, 2.24) is 29.7 Å². The number of nitrogens with one attached hydrogen (secondary N) is 1. The van der Waals surface area contributed by atoms with E-state index in [4.69, 9.17) is 21.3 Å². The third-order valence-corrected chi connectivity index (χ3v) is 10.5. The number of imidazole rings is 1. The number of amides is 2. The molecule has 1 unspecified atom stereocenters. The topological polar surface area (TPSA) is 94.7 Å². The zero-order valence-electron chi connectivity index (χ0n) is 28.5. The Balaban J connectivity index is 0.000000204. The lowest BCUT2D eigenvalue weighted by molar-refractivity contribution is -0.118. The molecule has 264 valence electrons. The van der Waals surface area contributed by atoms with Crippen LogP contribution in [0.2, 0.25) is 5.02 Å². The number of aryl methyl sites for hydroxylation is 3. The van der Waals surface area contributed by atoms with Crippen molar-refractivity contribution >= 4 is 40.0 Å². The first-order valence-electron chi connectivity index (χ1n) is 17.8. The number of aromatic nitrogens is 3. The lowest BCUT2D eigenvalue weighted by atomic mass is 9.96. The highest BCUT2D eigenvalue weighted by Gasteiger charge is 2.34. The Kier molecular flexibility index (Phi) is 13.0. The summed E-state index contributed by atoms with van der Waals surface area (Å²) < 4.78 is 6.82. The number of halogens is 2. The van der Waals surface area contributed by atoms with E-state index < -0.39 is 0 Å². The summed E-state index contributed by atoms with van der Waals surface area (Å²) in [5, 5.41) is 0.776. The van der Waals surface area contributed by atoms with Crippen molar-refractivity contribution in [3.05, 3.63) is 116 Å². The van der Waals surface area contributed by atoms with E-state index in [0.717, 1.165) is 91.0 Å². The number of pyridine rings is 1. The highest BCUT2D eigenvalue weighted by atomic mass is 79.9. The van der Waals surface area contributed by atoms with E-state index in [0.29, 0.717) is 19.6 Å². The summed E-state index contributed by atoms with van der Waals surface area (Å²) in [4.78, 5) is 41.8. The van der Waals surface area contributed by atoms with Gasteiger partial charge in [0.15, 0.2) is 0 Å². The van der Waals surface area contributed by atoms with Crippen molar-refractivity contribution in [2.24, 2.45) is 0 Å². The third kappa shape index (κ3) is 9.74. The van der Waals surface area contributed by atoms with Crippen LogP contribution < -0.4 is 0 Å². The van der Waals surface area contributed by atoms with Gasteiger partial charge in [-0.25, -0.2) is 9.78 Å². The minimum Gasteiger partial charge on any atom is -0.446 e. The van der Waals surface area contributed by atoms with Gasteiger partial charge >= 0.3 is 6.09 Å². The summed E-state index contributed by atoms with van der Waals surface area (Å²) in [6, 6.07) is 18.5. The number of aromatic amines is 1. The first kappa shape index (κ1) is 36.1. The highest BCUT2D eigenvalue weighted by Crippen LogP contribution is 2.38. The van der Waals surface area contributed by atoms with Gasteiger partial charge in [-0.15, -0.1) is 0 Å². The number of rotatable bonds is 9. The molecule has 3 heterocycles. The van der Waals surface area contributed by atoms with Crippen LogP contribution in [0, 0.1) is 0 Å². The molecule has 2 fully saturated rings. The number of nitrogens with zero attached hydrogens (tertiary/aromatic N) is 5. The van der Waals surface area contributed by atoms with Crippen molar-refractivity contribution in [2.45, 2.75) is 76.5 Å². The normalized spacial score (nSPS) is 17.8. The lowest BCUT2D eigenvalue weighted by Crippen LogP contribution is -2.50. The minimum absolute atomic E-state index is 0.0735. The molecule has 1 atom stereocenters. The van der Waals surface area contributed by atoms with E-state index >= 15 is 0 Å². The summed E-state index contributed by atoms with van der Waals surface area (Å²) >= 11 is 9.93. The second-order valence-electron chi connectivity index (χ2n) is 13.4. The van der Waals surface area contributed by atoms with Crippen LogP contribution in [0.5, 0.6) is 0 Å². The molecular weight excluding hydrogens is 716 g/mol. The fourth-order valence-electron chi connectivity index (χ4n) is 7.23. The monoisotopic (exact) mass is 760 g/mol. The maximum Gasteiger partial charge on any atom is 0.410 e. The van der Waals surface area contributed by atoms with Gasteiger partial charge in [-0.2, -0.15) is 0 Å². The van der Waals surface area contributed by atoms with Crippen molar-refractivity contribution in [3.8, 4) is 0 Å². The largest absolute Gasteiger partial charge is 0.446 e. The number of benzene rings is 2. The second kappa shape index (κ2) is 18.0. The molecule has 0 spiro atoms. The number of hydrogen-bond donors (Lipinski definition) is 1. The smallest absolute Gasteiger partial charge is 0.410 e. The van der Waals surface area contributed by atoms with E-state index in [1.54, 1.807) is 11.2 Å². The fraction of sp³-hybridized carbons (Fsp3) is 0.436. The van der Waals surface area contributed by atoms with Crippen LogP contribution in [0.4, 0.5) is 4.79 Å². The predicted molar refractivity (Wildman–Crippen MR) is 199 cm³/mol. The third-order valence-electron chi connectivity index (χ3n) is 9.87. The summed E-state index contributed by atoms with van der Waals surface area (Å²) in [5.41, 5.74) is 7.23. The Bertz CT molecular complexity index is 1620. The fourth-order valence-corrected chi connectivity index (χ4v) is 7.80. The Hall–Kier alpha value is -3.73. The number of ether oxygens (including phenoxy) is 1. The highest BCUT2D eigenvalue weighted by molar-refractivity contribution is 9.10. The number of hydrogen-bond acceptors (Lipinski definition) is 6. The molecule has 2 aliphatic carbocycles. The van der Waals surface area contributed by atoms with Crippen LogP contribution in [0.15, 0.2) is 77.8 Å². The second-order valence-corrected chi connectivity index (χ2v) is 14.7. The molecule has 1 saturated carbocycles. The Morgan fingerprint density at radius 3 is 2.52 bits per heavy atom. The summed E-state index contributed by atoms with van der Waals surface area (Å²) in [6.45, 7) is 4.38. The molecule has 2 aromatic heterocycles. The van der Waals surface area contributed by atoms with E-state index in [1.165, 1.54) is 36.0 Å². The molecule has 1 saturated heterocycles. The van der Waals surface area contributed by atoms with Gasteiger partial charge in [-0.1, -0.05) is 54.4 Å². The molecular formula is C39H46BrClN6O3. The molecule has 2 aromatic carbocycles. The molecule has 2 amide bonds. The zero-order chi connectivity index (χ0) is 34.7. The maximum atomic E-state index is 12.7. The number of carbonyl (C=O) groups is 2. The minimum atomic E-state index is -0.146. The van der Waals surface area contributed by atoms with E-state index in [-0.39, 0.29) is 18.2 Å². The van der Waals surface area contributed by atoms with Gasteiger partial charge in [0.2, 0.25) is 6.41 Å². The zero-order valence-corrected chi connectivity index (χ0v) is 30.8.